The summed E-state index contributed by atoms with van der Waals surface area (Å²) in [6.07, 6.45) is -0.278. The number of benzene rings is 3. The molecule has 5 rings (SSSR count). The SMILES string of the molecule is O=C1CC(c2ccccc2Cl)NC(Nc2nc(-c3ccccc3)c3cc(Cl)ccc3n2)N1. The average Bonchev–Trinajstić information content (AvgIpc) is 2.79. The molecule has 6 nitrogen and oxygen atoms in total. The van der Waals surface area contributed by atoms with Crippen LogP contribution in [0.1, 0.15) is 18.0 Å². The Hall–Kier alpha value is -3.19. The van der Waals surface area contributed by atoms with E-state index < -0.39 is 6.29 Å². The van der Waals surface area contributed by atoms with Gasteiger partial charge in [-0.05, 0) is 29.8 Å². The number of hydrogen-bond acceptors (Lipinski definition) is 5. The van der Waals surface area contributed by atoms with Crippen LogP contribution in [-0.2, 0) is 4.79 Å². The molecule has 1 aromatic heterocycles. The molecule has 1 fully saturated rings. The predicted octanol–water partition coefficient (Wildman–Crippen LogP) is 5.15. The number of rotatable bonds is 4. The van der Waals surface area contributed by atoms with Gasteiger partial charge in [0.15, 0.2) is 6.29 Å². The molecule has 1 saturated heterocycles. The Labute approximate surface area is 195 Å². The van der Waals surface area contributed by atoms with Crippen LogP contribution in [0.2, 0.25) is 10.0 Å². The van der Waals surface area contributed by atoms with Crippen LogP contribution in [-0.4, -0.2) is 22.2 Å². The summed E-state index contributed by atoms with van der Waals surface area (Å²) in [5.74, 6) is 0.290. The fourth-order valence-corrected chi connectivity index (χ4v) is 4.29. The van der Waals surface area contributed by atoms with Crippen molar-refractivity contribution in [1.29, 1.82) is 0 Å². The number of aromatic nitrogens is 2. The maximum absolute atomic E-state index is 12.4. The minimum absolute atomic E-state index is 0.0953. The van der Waals surface area contributed by atoms with Gasteiger partial charge in [-0.15, -0.1) is 0 Å². The summed E-state index contributed by atoms with van der Waals surface area (Å²) in [5, 5.41) is 11.6. The third kappa shape index (κ3) is 4.25. The number of nitrogens with zero attached hydrogens (tertiary/aromatic N) is 2. The Bertz CT molecular complexity index is 1300. The van der Waals surface area contributed by atoms with E-state index in [4.69, 9.17) is 28.2 Å². The van der Waals surface area contributed by atoms with E-state index in [0.29, 0.717) is 16.0 Å². The molecule has 160 valence electrons. The quantitative estimate of drug-likeness (QED) is 0.389. The number of hydrogen-bond donors (Lipinski definition) is 3. The van der Waals surface area contributed by atoms with Gasteiger partial charge in [0.2, 0.25) is 11.9 Å². The van der Waals surface area contributed by atoms with Gasteiger partial charge in [-0.3, -0.25) is 10.1 Å². The summed E-state index contributed by atoms with van der Waals surface area (Å²) in [5.41, 5.74) is 3.32. The van der Waals surface area contributed by atoms with Gasteiger partial charge in [0.1, 0.15) is 0 Å². The lowest BCUT2D eigenvalue weighted by Crippen LogP contribution is -2.57. The van der Waals surface area contributed by atoms with Gasteiger partial charge < -0.3 is 10.6 Å². The first-order valence-corrected chi connectivity index (χ1v) is 10.9. The summed E-state index contributed by atoms with van der Waals surface area (Å²) in [7, 11) is 0. The minimum atomic E-state index is -0.564. The summed E-state index contributed by atoms with van der Waals surface area (Å²) >= 11 is 12.6. The van der Waals surface area contributed by atoms with Crippen LogP contribution < -0.4 is 16.0 Å². The molecular weight excluding hydrogens is 445 g/mol. The number of fused-ring (bicyclic) bond motifs is 1. The molecule has 3 aromatic carbocycles. The lowest BCUT2D eigenvalue weighted by molar-refractivity contribution is -0.124. The lowest BCUT2D eigenvalue weighted by atomic mass is 10.0. The van der Waals surface area contributed by atoms with Gasteiger partial charge in [-0.25, -0.2) is 9.97 Å². The lowest BCUT2D eigenvalue weighted by Gasteiger charge is -2.32. The molecule has 1 amide bonds. The zero-order valence-corrected chi connectivity index (χ0v) is 18.4. The number of anilines is 1. The highest BCUT2D eigenvalue weighted by molar-refractivity contribution is 6.31. The first-order chi connectivity index (χ1) is 15.6. The standard InChI is InChI=1S/C24H19Cl2N5O/c25-15-10-11-19-17(12-15)22(14-6-2-1-3-7-14)30-24(27-19)31-23-28-20(13-21(32)29-23)16-8-4-5-9-18(16)26/h1-12,20,23,28H,13H2,(H,29,32)(H,27,30,31). The van der Waals surface area contributed by atoms with Crippen molar-refractivity contribution >= 4 is 46.0 Å². The first-order valence-electron chi connectivity index (χ1n) is 10.2. The Kier molecular flexibility index (Phi) is 5.66. The maximum Gasteiger partial charge on any atom is 0.226 e. The average molecular weight is 464 g/mol. The third-order valence-electron chi connectivity index (χ3n) is 5.32. The number of halogens is 2. The Morgan fingerprint density at radius 1 is 0.938 bits per heavy atom. The van der Waals surface area contributed by atoms with Gasteiger partial charge >= 0.3 is 0 Å². The van der Waals surface area contributed by atoms with E-state index in [1.54, 1.807) is 6.07 Å². The fourth-order valence-electron chi connectivity index (χ4n) is 3.85. The van der Waals surface area contributed by atoms with Crippen molar-refractivity contribution in [1.82, 2.24) is 20.6 Å². The molecule has 3 N–H and O–H groups in total. The van der Waals surface area contributed by atoms with Gasteiger partial charge in [-0.1, -0.05) is 71.7 Å². The largest absolute Gasteiger partial charge is 0.323 e. The molecule has 0 spiro atoms. The van der Waals surface area contributed by atoms with E-state index in [9.17, 15) is 4.79 Å². The van der Waals surface area contributed by atoms with Crippen LogP contribution in [0.15, 0.2) is 72.8 Å². The molecule has 8 heteroatoms. The first kappa shape index (κ1) is 20.7. The molecule has 32 heavy (non-hydrogen) atoms. The molecule has 2 unspecified atom stereocenters. The Morgan fingerprint density at radius 3 is 2.53 bits per heavy atom. The monoisotopic (exact) mass is 463 g/mol. The minimum Gasteiger partial charge on any atom is -0.323 e. The van der Waals surface area contributed by atoms with Gasteiger partial charge in [-0.2, -0.15) is 0 Å². The van der Waals surface area contributed by atoms with Gasteiger partial charge in [0.25, 0.3) is 0 Å². The molecule has 0 bridgehead atoms. The second-order valence-electron chi connectivity index (χ2n) is 7.51. The highest BCUT2D eigenvalue weighted by Gasteiger charge is 2.28. The van der Waals surface area contributed by atoms with E-state index in [-0.39, 0.29) is 18.4 Å². The molecule has 4 aromatic rings. The second kappa shape index (κ2) is 8.74. The van der Waals surface area contributed by atoms with Gasteiger partial charge in [0, 0.05) is 33.5 Å². The molecule has 0 radical (unpaired) electrons. The maximum atomic E-state index is 12.4. The van der Waals surface area contributed by atoms with Crippen LogP contribution in [0, 0.1) is 0 Å². The van der Waals surface area contributed by atoms with E-state index >= 15 is 0 Å². The fraction of sp³-hybridized carbons (Fsp3) is 0.125. The van der Waals surface area contributed by atoms with Crippen molar-refractivity contribution in [2.24, 2.45) is 0 Å². The van der Waals surface area contributed by atoms with Crippen LogP contribution in [0.5, 0.6) is 0 Å². The van der Waals surface area contributed by atoms with Crippen molar-refractivity contribution < 1.29 is 4.79 Å². The van der Waals surface area contributed by atoms with Crippen molar-refractivity contribution in [2.45, 2.75) is 18.8 Å². The zero-order chi connectivity index (χ0) is 22.1. The van der Waals surface area contributed by atoms with E-state index in [2.05, 4.69) is 20.9 Å². The van der Waals surface area contributed by atoms with Crippen LogP contribution >= 0.6 is 23.2 Å². The smallest absolute Gasteiger partial charge is 0.226 e. The predicted molar refractivity (Wildman–Crippen MR) is 127 cm³/mol. The second-order valence-corrected chi connectivity index (χ2v) is 8.36. The van der Waals surface area contributed by atoms with Crippen LogP contribution in [0.25, 0.3) is 22.2 Å². The van der Waals surface area contributed by atoms with Crippen molar-refractivity contribution in [3.8, 4) is 11.3 Å². The zero-order valence-electron chi connectivity index (χ0n) is 16.8. The number of nitrogens with one attached hydrogen (secondary N) is 3. The van der Waals surface area contributed by atoms with Crippen molar-refractivity contribution in [2.75, 3.05) is 5.32 Å². The summed E-state index contributed by atoms with van der Waals surface area (Å²) < 4.78 is 0. The van der Waals surface area contributed by atoms with Crippen LogP contribution in [0.3, 0.4) is 0 Å². The highest BCUT2D eigenvalue weighted by Crippen LogP contribution is 2.30. The molecular formula is C24H19Cl2N5O. The third-order valence-corrected chi connectivity index (χ3v) is 5.90. The molecule has 1 aliphatic heterocycles. The summed E-state index contributed by atoms with van der Waals surface area (Å²) in [6, 6.07) is 22.6. The van der Waals surface area contributed by atoms with Crippen molar-refractivity contribution in [3.05, 3.63) is 88.4 Å². The molecule has 2 heterocycles. The normalized spacial score (nSPS) is 18.4. The topological polar surface area (TPSA) is 78.9 Å². The molecule has 1 aliphatic rings. The molecule has 2 atom stereocenters. The number of carbonyl (C=O) groups is 1. The highest BCUT2D eigenvalue weighted by atomic mass is 35.5. The number of amides is 1. The molecule has 0 saturated carbocycles. The van der Waals surface area contributed by atoms with E-state index in [0.717, 1.165) is 27.7 Å². The number of carbonyl (C=O) groups excluding carboxylic acids is 1. The Morgan fingerprint density at radius 2 is 1.72 bits per heavy atom. The summed E-state index contributed by atoms with van der Waals surface area (Å²) in [6.45, 7) is 0. The van der Waals surface area contributed by atoms with E-state index in [1.807, 2.05) is 66.7 Å². The Balaban J connectivity index is 1.49. The van der Waals surface area contributed by atoms with Crippen LogP contribution in [0.4, 0.5) is 5.95 Å². The summed E-state index contributed by atoms with van der Waals surface area (Å²) in [4.78, 5) is 21.8. The van der Waals surface area contributed by atoms with Crippen molar-refractivity contribution in [3.63, 3.8) is 0 Å². The van der Waals surface area contributed by atoms with E-state index in [1.165, 1.54) is 0 Å². The molecule has 0 aliphatic carbocycles. The van der Waals surface area contributed by atoms with Gasteiger partial charge in [0.05, 0.1) is 11.2 Å².